The number of fused-ring (bicyclic) bond motifs is 1. The summed E-state index contributed by atoms with van der Waals surface area (Å²) in [6.07, 6.45) is 0.823. The highest BCUT2D eigenvalue weighted by atomic mass is 16.5. The number of hydrogen-bond donors (Lipinski definition) is 0. The van der Waals surface area contributed by atoms with Crippen LogP contribution in [0.15, 0.2) is 36.4 Å². The number of pyridine rings is 1. The van der Waals surface area contributed by atoms with Crippen LogP contribution in [0.25, 0.3) is 10.9 Å². The molecule has 1 aromatic heterocycles. The Hall–Kier alpha value is -2.14. The van der Waals surface area contributed by atoms with Crippen molar-refractivity contribution in [3.05, 3.63) is 36.4 Å². The molecule has 3 rings (SSSR count). The molecule has 0 bridgehead atoms. The van der Waals surface area contributed by atoms with E-state index in [2.05, 4.69) is 4.98 Å². The summed E-state index contributed by atoms with van der Waals surface area (Å²) in [6, 6.07) is 11.8. The number of carbonyl (C=O) groups is 1. The van der Waals surface area contributed by atoms with Gasteiger partial charge in [0.2, 0.25) is 11.8 Å². The number of likely N-dealkylation sites (tertiary alicyclic amines) is 1. The van der Waals surface area contributed by atoms with Crippen molar-refractivity contribution in [1.82, 2.24) is 9.88 Å². The maximum Gasteiger partial charge on any atom is 0.248 e. The van der Waals surface area contributed by atoms with Gasteiger partial charge in [0, 0.05) is 31.5 Å². The molecule has 1 aromatic carbocycles. The summed E-state index contributed by atoms with van der Waals surface area (Å²) in [5.74, 6) is 0.620. The third-order valence-corrected chi connectivity index (χ3v) is 3.63. The van der Waals surface area contributed by atoms with Gasteiger partial charge in [-0.1, -0.05) is 18.2 Å². The average Bonchev–Trinajstić information content (AvgIpc) is 2.96. The number of methoxy groups -OCH3 is 1. The van der Waals surface area contributed by atoms with Crippen molar-refractivity contribution in [1.29, 1.82) is 0 Å². The summed E-state index contributed by atoms with van der Waals surface area (Å²) in [4.78, 5) is 18.0. The van der Waals surface area contributed by atoms with Crippen LogP contribution in [-0.2, 0) is 9.53 Å². The predicted molar refractivity (Wildman–Crippen MR) is 79.2 cm³/mol. The van der Waals surface area contributed by atoms with Crippen LogP contribution in [0.3, 0.4) is 0 Å². The van der Waals surface area contributed by atoms with Gasteiger partial charge in [-0.3, -0.25) is 4.79 Å². The van der Waals surface area contributed by atoms with Crippen LogP contribution in [0, 0.1) is 0 Å². The summed E-state index contributed by atoms with van der Waals surface area (Å²) >= 11 is 0. The molecule has 21 heavy (non-hydrogen) atoms. The van der Waals surface area contributed by atoms with Crippen molar-refractivity contribution in [2.24, 2.45) is 0 Å². The van der Waals surface area contributed by atoms with Crippen LogP contribution < -0.4 is 4.74 Å². The molecule has 1 unspecified atom stereocenters. The Morgan fingerprint density at radius 2 is 2.19 bits per heavy atom. The largest absolute Gasteiger partial charge is 0.472 e. The van der Waals surface area contributed by atoms with Crippen molar-refractivity contribution in [2.45, 2.75) is 12.5 Å². The molecule has 1 atom stereocenters. The minimum absolute atomic E-state index is 0.000492. The second-order valence-electron chi connectivity index (χ2n) is 5.14. The molecule has 5 nitrogen and oxygen atoms in total. The van der Waals surface area contributed by atoms with E-state index in [1.165, 1.54) is 7.11 Å². The first-order valence-corrected chi connectivity index (χ1v) is 7.05. The van der Waals surface area contributed by atoms with Crippen molar-refractivity contribution >= 4 is 16.8 Å². The first-order valence-electron chi connectivity index (χ1n) is 7.05. The van der Waals surface area contributed by atoms with Gasteiger partial charge in [-0.15, -0.1) is 0 Å². The van der Waals surface area contributed by atoms with E-state index in [4.69, 9.17) is 9.47 Å². The Morgan fingerprint density at radius 3 is 3.05 bits per heavy atom. The van der Waals surface area contributed by atoms with Crippen molar-refractivity contribution in [3.8, 4) is 5.88 Å². The number of hydrogen-bond acceptors (Lipinski definition) is 4. The Balaban J connectivity index is 1.65. The highest BCUT2D eigenvalue weighted by molar-refractivity contribution is 5.79. The maximum absolute atomic E-state index is 11.7. The molecular weight excluding hydrogens is 268 g/mol. The summed E-state index contributed by atoms with van der Waals surface area (Å²) in [7, 11) is 1.53. The molecule has 0 N–H and O–H groups in total. The smallest absolute Gasteiger partial charge is 0.248 e. The van der Waals surface area contributed by atoms with E-state index >= 15 is 0 Å². The summed E-state index contributed by atoms with van der Waals surface area (Å²) in [5.41, 5.74) is 0.917. The Kier molecular flexibility index (Phi) is 4.01. The molecule has 1 saturated heterocycles. The zero-order chi connectivity index (χ0) is 14.7. The zero-order valence-corrected chi connectivity index (χ0v) is 12.0. The van der Waals surface area contributed by atoms with Crippen molar-refractivity contribution in [3.63, 3.8) is 0 Å². The molecule has 0 aliphatic carbocycles. The number of para-hydroxylation sites is 1. The number of nitrogens with zero attached hydrogens (tertiary/aromatic N) is 2. The minimum atomic E-state index is -0.000492. The molecule has 2 aromatic rings. The van der Waals surface area contributed by atoms with Crippen LogP contribution in [0.4, 0.5) is 0 Å². The third-order valence-electron chi connectivity index (χ3n) is 3.63. The van der Waals surface area contributed by atoms with E-state index in [-0.39, 0.29) is 18.6 Å². The number of aromatic nitrogens is 1. The van der Waals surface area contributed by atoms with Gasteiger partial charge in [-0.25, -0.2) is 4.98 Å². The van der Waals surface area contributed by atoms with Crippen LogP contribution in [0.1, 0.15) is 6.42 Å². The lowest BCUT2D eigenvalue weighted by molar-refractivity contribution is -0.134. The topological polar surface area (TPSA) is 51.7 Å². The normalized spacial score (nSPS) is 18.1. The second kappa shape index (κ2) is 6.10. The Bertz CT molecular complexity index is 644. The lowest BCUT2D eigenvalue weighted by Crippen LogP contribution is -2.33. The minimum Gasteiger partial charge on any atom is -0.472 e. The van der Waals surface area contributed by atoms with Gasteiger partial charge >= 0.3 is 0 Å². The number of rotatable bonds is 4. The van der Waals surface area contributed by atoms with Crippen LogP contribution in [-0.4, -0.2) is 48.7 Å². The predicted octanol–water partition coefficient (Wildman–Crippen LogP) is 1.86. The molecule has 0 radical (unpaired) electrons. The fourth-order valence-corrected chi connectivity index (χ4v) is 2.55. The lowest BCUT2D eigenvalue weighted by atomic mass is 10.2. The lowest BCUT2D eigenvalue weighted by Gasteiger charge is -2.16. The summed E-state index contributed by atoms with van der Waals surface area (Å²) in [6.45, 7) is 1.43. The third kappa shape index (κ3) is 3.13. The summed E-state index contributed by atoms with van der Waals surface area (Å²) < 4.78 is 10.8. The zero-order valence-electron chi connectivity index (χ0n) is 12.0. The molecule has 1 aliphatic rings. The number of carbonyl (C=O) groups excluding carboxylic acids is 1. The van der Waals surface area contributed by atoms with E-state index in [1.54, 1.807) is 4.90 Å². The fourth-order valence-electron chi connectivity index (χ4n) is 2.55. The number of benzene rings is 1. The molecule has 0 saturated carbocycles. The highest BCUT2D eigenvalue weighted by Gasteiger charge is 2.27. The van der Waals surface area contributed by atoms with Gasteiger partial charge in [0.1, 0.15) is 12.7 Å². The number of ether oxygens (including phenoxy) is 2. The molecule has 0 spiro atoms. The van der Waals surface area contributed by atoms with E-state index in [0.717, 1.165) is 17.3 Å². The number of amides is 1. The fraction of sp³-hybridized carbons (Fsp3) is 0.375. The Labute approximate surface area is 123 Å². The standard InChI is InChI=1S/C16H18N2O3/c1-20-11-16(19)18-9-8-13(10-18)21-15-7-6-12-4-2-3-5-14(12)17-15/h2-7,13H,8-11H2,1H3. The van der Waals surface area contributed by atoms with Gasteiger partial charge in [0.05, 0.1) is 12.1 Å². The van der Waals surface area contributed by atoms with Crippen molar-refractivity contribution < 1.29 is 14.3 Å². The van der Waals surface area contributed by atoms with E-state index in [0.29, 0.717) is 19.0 Å². The molecule has 5 heteroatoms. The molecular formula is C16H18N2O3. The van der Waals surface area contributed by atoms with Gasteiger partial charge < -0.3 is 14.4 Å². The maximum atomic E-state index is 11.7. The molecule has 1 fully saturated rings. The van der Waals surface area contributed by atoms with Gasteiger partial charge in [-0.05, 0) is 12.1 Å². The van der Waals surface area contributed by atoms with E-state index < -0.39 is 0 Å². The van der Waals surface area contributed by atoms with Crippen molar-refractivity contribution in [2.75, 3.05) is 26.8 Å². The first kappa shape index (κ1) is 13.8. The molecule has 1 amide bonds. The SMILES string of the molecule is COCC(=O)N1CCC(Oc2ccc3ccccc3n2)C1. The van der Waals surface area contributed by atoms with E-state index in [1.807, 2.05) is 36.4 Å². The molecule has 2 heterocycles. The van der Waals surface area contributed by atoms with Gasteiger partial charge in [-0.2, -0.15) is 0 Å². The molecule has 110 valence electrons. The van der Waals surface area contributed by atoms with Gasteiger partial charge in [0.15, 0.2) is 0 Å². The van der Waals surface area contributed by atoms with Gasteiger partial charge in [0.25, 0.3) is 0 Å². The van der Waals surface area contributed by atoms with E-state index in [9.17, 15) is 4.79 Å². The summed E-state index contributed by atoms with van der Waals surface area (Å²) in [5, 5.41) is 1.09. The van der Waals surface area contributed by atoms with Crippen LogP contribution >= 0.6 is 0 Å². The molecule has 1 aliphatic heterocycles. The first-order chi connectivity index (χ1) is 10.3. The average molecular weight is 286 g/mol. The van der Waals surface area contributed by atoms with Crippen LogP contribution in [0.2, 0.25) is 0 Å². The second-order valence-corrected chi connectivity index (χ2v) is 5.14. The highest BCUT2D eigenvalue weighted by Crippen LogP contribution is 2.20. The Morgan fingerprint density at radius 1 is 1.33 bits per heavy atom. The monoisotopic (exact) mass is 286 g/mol. The quantitative estimate of drug-likeness (QED) is 0.861. The van der Waals surface area contributed by atoms with Crippen LogP contribution in [0.5, 0.6) is 5.88 Å².